The van der Waals surface area contributed by atoms with Crippen LogP contribution in [0.3, 0.4) is 0 Å². The van der Waals surface area contributed by atoms with Gasteiger partial charge in [0.15, 0.2) is 0 Å². The molecule has 1 aliphatic heterocycles. The summed E-state index contributed by atoms with van der Waals surface area (Å²) in [5, 5.41) is 1.69. The van der Waals surface area contributed by atoms with E-state index in [0.717, 1.165) is 24.1 Å². The first-order chi connectivity index (χ1) is 8.57. The summed E-state index contributed by atoms with van der Waals surface area (Å²) < 4.78 is 26.4. The molecule has 2 heterocycles. The molecule has 0 bridgehead atoms. The number of sulfonamides is 1. The highest BCUT2D eigenvalue weighted by Crippen LogP contribution is 2.29. The molecule has 2 rings (SSSR count). The molecule has 1 saturated heterocycles. The lowest BCUT2D eigenvalue weighted by Crippen LogP contribution is -2.28. The number of alkyl halides is 1. The van der Waals surface area contributed by atoms with Gasteiger partial charge in [-0.3, -0.25) is 0 Å². The van der Waals surface area contributed by atoms with Crippen LogP contribution in [0.5, 0.6) is 0 Å². The molecule has 1 fully saturated rings. The SMILES string of the molecule is CCCC1CCN(S(=O)(=O)c2csc(CCl)c2)C1. The van der Waals surface area contributed by atoms with Crippen LogP contribution in [0.25, 0.3) is 0 Å². The molecule has 0 radical (unpaired) electrons. The lowest BCUT2D eigenvalue weighted by molar-refractivity contribution is 0.445. The first kappa shape index (κ1) is 14.3. The molecule has 0 spiro atoms. The van der Waals surface area contributed by atoms with E-state index in [2.05, 4.69) is 6.92 Å². The van der Waals surface area contributed by atoms with Crippen LogP contribution < -0.4 is 0 Å². The Bertz CT molecular complexity index is 498. The number of halogens is 1. The Morgan fingerprint density at radius 3 is 2.94 bits per heavy atom. The Kier molecular flexibility index (Phi) is 4.69. The van der Waals surface area contributed by atoms with Gasteiger partial charge >= 0.3 is 0 Å². The molecular formula is C12H18ClNO2S2. The molecule has 102 valence electrons. The molecular weight excluding hydrogens is 290 g/mol. The van der Waals surface area contributed by atoms with Crippen molar-refractivity contribution in [2.75, 3.05) is 13.1 Å². The fourth-order valence-electron chi connectivity index (χ4n) is 2.37. The number of thiophene rings is 1. The van der Waals surface area contributed by atoms with E-state index in [4.69, 9.17) is 11.6 Å². The molecule has 18 heavy (non-hydrogen) atoms. The average Bonchev–Trinajstić information content (AvgIpc) is 2.98. The minimum atomic E-state index is -3.29. The Labute approximate surface area is 118 Å². The van der Waals surface area contributed by atoms with Crippen molar-refractivity contribution in [1.82, 2.24) is 4.31 Å². The van der Waals surface area contributed by atoms with Crippen molar-refractivity contribution in [1.29, 1.82) is 0 Å². The maximum absolute atomic E-state index is 12.4. The predicted octanol–water partition coefficient (Wildman–Crippen LogP) is 3.30. The molecule has 0 N–H and O–H groups in total. The normalized spacial score (nSPS) is 21.6. The maximum Gasteiger partial charge on any atom is 0.243 e. The number of hydrogen-bond acceptors (Lipinski definition) is 3. The highest BCUT2D eigenvalue weighted by molar-refractivity contribution is 7.89. The number of nitrogens with zero attached hydrogens (tertiary/aromatic N) is 1. The molecule has 0 aliphatic carbocycles. The summed E-state index contributed by atoms with van der Waals surface area (Å²) in [5.41, 5.74) is 0. The van der Waals surface area contributed by atoms with Crippen molar-refractivity contribution in [3.8, 4) is 0 Å². The van der Waals surface area contributed by atoms with E-state index in [-0.39, 0.29) is 0 Å². The van der Waals surface area contributed by atoms with Gasteiger partial charge in [-0.2, -0.15) is 4.31 Å². The largest absolute Gasteiger partial charge is 0.243 e. The summed E-state index contributed by atoms with van der Waals surface area (Å²) in [6, 6.07) is 1.69. The van der Waals surface area contributed by atoms with E-state index in [1.165, 1.54) is 11.3 Å². The van der Waals surface area contributed by atoms with Crippen LogP contribution in [-0.2, 0) is 15.9 Å². The summed E-state index contributed by atoms with van der Waals surface area (Å²) in [4.78, 5) is 1.31. The molecule has 0 amide bonds. The molecule has 1 unspecified atom stereocenters. The van der Waals surface area contributed by atoms with Crippen molar-refractivity contribution < 1.29 is 8.42 Å². The first-order valence-electron chi connectivity index (χ1n) is 6.21. The van der Waals surface area contributed by atoms with Gasteiger partial charge in [-0.15, -0.1) is 22.9 Å². The van der Waals surface area contributed by atoms with Crippen LogP contribution in [0, 0.1) is 5.92 Å². The van der Waals surface area contributed by atoms with E-state index in [0.29, 0.717) is 29.8 Å². The summed E-state index contributed by atoms with van der Waals surface area (Å²) >= 11 is 7.12. The van der Waals surface area contributed by atoms with Crippen LogP contribution in [0.2, 0.25) is 0 Å². The van der Waals surface area contributed by atoms with Crippen LogP contribution in [0.15, 0.2) is 16.3 Å². The van der Waals surface area contributed by atoms with Gasteiger partial charge in [0, 0.05) is 23.3 Å². The Morgan fingerprint density at radius 1 is 1.56 bits per heavy atom. The summed E-state index contributed by atoms with van der Waals surface area (Å²) in [6.07, 6.45) is 3.22. The van der Waals surface area contributed by atoms with Crippen LogP contribution in [-0.4, -0.2) is 25.8 Å². The third-order valence-electron chi connectivity index (χ3n) is 3.34. The molecule has 1 aromatic rings. The fraction of sp³-hybridized carbons (Fsp3) is 0.667. The standard InChI is InChI=1S/C12H18ClNO2S2/c1-2-3-10-4-5-14(8-10)18(15,16)12-6-11(7-13)17-9-12/h6,9-10H,2-5,7-8H2,1H3. The molecule has 1 aromatic heterocycles. The second-order valence-electron chi connectivity index (χ2n) is 4.69. The smallest absolute Gasteiger partial charge is 0.207 e. The Balaban J connectivity index is 2.12. The van der Waals surface area contributed by atoms with Crippen molar-refractivity contribution in [3.63, 3.8) is 0 Å². The zero-order valence-electron chi connectivity index (χ0n) is 10.4. The second kappa shape index (κ2) is 5.90. The number of rotatable bonds is 5. The monoisotopic (exact) mass is 307 g/mol. The second-order valence-corrected chi connectivity index (χ2v) is 7.89. The van der Waals surface area contributed by atoms with E-state index in [1.807, 2.05) is 0 Å². The topological polar surface area (TPSA) is 37.4 Å². The number of hydrogen-bond donors (Lipinski definition) is 0. The fourth-order valence-corrected chi connectivity index (χ4v) is 5.28. The van der Waals surface area contributed by atoms with Gasteiger partial charge in [-0.25, -0.2) is 8.42 Å². The lowest BCUT2D eigenvalue weighted by atomic mass is 10.0. The zero-order valence-corrected chi connectivity index (χ0v) is 12.8. The van der Waals surface area contributed by atoms with Gasteiger partial charge in [0.25, 0.3) is 0 Å². The Morgan fingerprint density at radius 2 is 2.33 bits per heavy atom. The molecule has 1 atom stereocenters. The van der Waals surface area contributed by atoms with Crippen molar-refractivity contribution >= 4 is 33.0 Å². The minimum absolute atomic E-state index is 0.374. The molecule has 3 nitrogen and oxygen atoms in total. The zero-order chi connectivity index (χ0) is 13.2. The van der Waals surface area contributed by atoms with E-state index in [9.17, 15) is 8.42 Å². The highest BCUT2D eigenvalue weighted by Gasteiger charge is 2.32. The van der Waals surface area contributed by atoms with Gasteiger partial charge in [-0.1, -0.05) is 13.3 Å². The van der Waals surface area contributed by atoms with Crippen molar-refractivity contribution in [3.05, 3.63) is 16.3 Å². The molecule has 1 aliphatic rings. The van der Waals surface area contributed by atoms with Gasteiger partial charge in [0.1, 0.15) is 0 Å². The van der Waals surface area contributed by atoms with Crippen LogP contribution in [0.4, 0.5) is 0 Å². The Hall–Kier alpha value is -0.100. The summed E-state index contributed by atoms with van der Waals surface area (Å²) in [7, 11) is -3.29. The predicted molar refractivity (Wildman–Crippen MR) is 75.6 cm³/mol. The van der Waals surface area contributed by atoms with Crippen LogP contribution in [0.1, 0.15) is 31.1 Å². The quantitative estimate of drug-likeness (QED) is 0.783. The molecule has 0 saturated carbocycles. The first-order valence-corrected chi connectivity index (χ1v) is 9.07. The third kappa shape index (κ3) is 2.90. The van der Waals surface area contributed by atoms with Gasteiger partial charge in [0.2, 0.25) is 10.0 Å². The van der Waals surface area contributed by atoms with E-state index < -0.39 is 10.0 Å². The third-order valence-corrected chi connectivity index (χ3v) is 6.72. The van der Waals surface area contributed by atoms with Crippen molar-refractivity contribution in [2.45, 2.75) is 37.0 Å². The molecule has 0 aromatic carbocycles. The van der Waals surface area contributed by atoms with Crippen LogP contribution >= 0.6 is 22.9 Å². The van der Waals surface area contributed by atoms with Gasteiger partial charge in [0.05, 0.1) is 10.8 Å². The summed E-state index contributed by atoms with van der Waals surface area (Å²) in [6.45, 7) is 3.46. The van der Waals surface area contributed by atoms with Gasteiger partial charge in [-0.05, 0) is 24.8 Å². The maximum atomic E-state index is 12.4. The van der Waals surface area contributed by atoms with Gasteiger partial charge < -0.3 is 0 Å². The summed E-state index contributed by atoms with van der Waals surface area (Å²) in [5.74, 6) is 0.898. The molecule has 6 heteroatoms. The lowest BCUT2D eigenvalue weighted by Gasteiger charge is -2.15. The van der Waals surface area contributed by atoms with E-state index >= 15 is 0 Å². The van der Waals surface area contributed by atoms with Crippen molar-refractivity contribution in [2.24, 2.45) is 5.92 Å². The van der Waals surface area contributed by atoms with E-state index in [1.54, 1.807) is 15.8 Å². The highest BCUT2D eigenvalue weighted by atomic mass is 35.5. The average molecular weight is 308 g/mol. The minimum Gasteiger partial charge on any atom is -0.207 e.